The zero-order valence-electron chi connectivity index (χ0n) is 6.09. The molecule has 55 valence electrons. The molecule has 0 aliphatic heterocycles. The Balaban J connectivity index is 2.76. The number of hydrogen-bond acceptors (Lipinski definition) is 2. The predicted octanol–water partition coefficient (Wildman–Crippen LogP) is 1.37. The van der Waals surface area contributed by atoms with E-state index in [1.807, 2.05) is 18.2 Å². The lowest BCUT2D eigenvalue weighted by Gasteiger charge is -1.90. The summed E-state index contributed by atoms with van der Waals surface area (Å²) >= 11 is 0. The predicted molar refractivity (Wildman–Crippen MR) is 41.5 cm³/mol. The monoisotopic (exact) mass is 147 g/mol. The highest BCUT2D eigenvalue weighted by Gasteiger charge is 2.01. The number of methoxy groups -OCH3 is 1. The van der Waals surface area contributed by atoms with Gasteiger partial charge >= 0.3 is 0 Å². The van der Waals surface area contributed by atoms with E-state index < -0.39 is 0 Å². The van der Waals surface area contributed by atoms with E-state index in [1.165, 1.54) is 0 Å². The highest BCUT2D eigenvalue weighted by Crippen LogP contribution is 2.20. The molecule has 11 heavy (non-hydrogen) atoms. The zero-order valence-corrected chi connectivity index (χ0v) is 6.09. The van der Waals surface area contributed by atoms with Gasteiger partial charge in [-0.2, -0.15) is 0 Å². The van der Waals surface area contributed by atoms with Crippen LogP contribution >= 0.6 is 0 Å². The van der Waals surface area contributed by atoms with Gasteiger partial charge in [0.05, 0.1) is 18.0 Å². The van der Waals surface area contributed by atoms with Crippen molar-refractivity contribution in [3.8, 4) is 5.88 Å². The number of nitrogens with zero attached hydrogens (tertiary/aromatic N) is 1. The molecule has 0 amide bonds. The molecule has 1 aromatic carbocycles. The fraction of sp³-hybridized carbons (Fsp3) is 0.125. The van der Waals surface area contributed by atoms with Gasteiger partial charge in [0.2, 0.25) is 5.88 Å². The Kier molecular flexibility index (Phi) is 1.28. The molecule has 2 rings (SSSR count). The van der Waals surface area contributed by atoms with Crippen LogP contribution in [0.1, 0.15) is 0 Å². The van der Waals surface area contributed by atoms with Crippen molar-refractivity contribution in [2.24, 2.45) is 0 Å². The molecule has 3 nitrogen and oxygen atoms in total. The summed E-state index contributed by atoms with van der Waals surface area (Å²) in [5.41, 5.74) is 0.973. The third-order valence-corrected chi connectivity index (χ3v) is 1.57. The summed E-state index contributed by atoms with van der Waals surface area (Å²) in [4.78, 5) is 0. The van der Waals surface area contributed by atoms with Gasteiger partial charge in [-0.25, -0.2) is 0 Å². The van der Waals surface area contributed by atoms with Gasteiger partial charge in [-0.05, 0) is 18.2 Å². The van der Waals surface area contributed by atoms with E-state index in [0.29, 0.717) is 5.88 Å². The molecule has 3 heteroatoms. The van der Waals surface area contributed by atoms with Crippen LogP contribution < -0.4 is 4.74 Å². The van der Waals surface area contributed by atoms with Crippen molar-refractivity contribution in [3.05, 3.63) is 24.3 Å². The molecule has 0 bridgehead atoms. The second-order valence-corrected chi connectivity index (χ2v) is 2.20. The maximum Gasteiger partial charge on any atom is 0.240 e. The van der Waals surface area contributed by atoms with E-state index >= 15 is 0 Å². The summed E-state index contributed by atoms with van der Waals surface area (Å²) in [6.45, 7) is 0. The Labute approximate surface area is 64.0 Å². The summed E-state index contributed by atoms with van der Waals surface area (Å²) in [6, 6.07) is 8.54. The fourth-order valence-corrected chi connectivity index (χ4v) is 1.03. The topological polar surface area (TPSA) is 37.9 Å². The van der Waals surface area contributed by atoms with Crippen molar-refractivity contribution in [2.45, 2.75) is 0 Å². The zero-order chi connectivity index (χ0) is 7.68. The molecule has 0 saturated heterocycles. The normalized spacial score (nSPS) is 10.3. The number of aromatic amines is 1. The average molecular weight is 147 g/mol. The van der Waals surface area contributed by atoms with Crippen molar-refractivity contribution in [1.29, 1.82) is 0 Å². The number of ether oxygens (including phenoxy) is 1. The van der Waals surface area contributed by atoms with Crippen LogP contribution in [0.15, 0.2) is 18.2 Å². The van der Waals surface area contributed by atoms with Crippen LogP contribution in [-0.2, 0) is 0 Å². The first kappa shape index (κ1) is 6.22. The Morgan fingerprint density at radius 2 is 2.55 bits per heavy atom. The van der Waals surface area contributed by atoms with E-state index in [0.717, 1.165) is 10.9 Å². The number of H-pyrrole nitrogens is 1. The molecule has 0 aliphatic carbocycles. The van der Waals surface area contributed by atoms with Crippen LogP contribution in [-0.4, -0.2) is 17.3 Å². The molecule has 2 aromatic rings. The number of nitrogens with one attached hydrogen (secondary N) is 1. The minimum Gasteiger partial charge on any atom is -0.480 e. The molecular formula is C8H7N2O. The van der Waals surface area contributed by atoms with Crippen molar-refractivity contribution in [1.82, 2.24) is 10.2 Å². The lowest BCUT2D eigenvalue weighted by molar-refractivity contribution is 0.401. The highest BCUT2D eigenvalue weighted by molar-refractivity contribution is 5.83. The fourth-order valence-electron chi connectivity index (χ4n) is 1.03. The minimum atomic E-state index is 0.622. The van der Waals surface area contributed by atoms with Crippen molar-refractivity contribution >= 4 is 10.9 Å². The van der Waals surface area contributed by atoms with E-state index in [9.17, 15) is 0 Å². The van der Waals surface area contributed by atoms with Gasteiger partial charge in [0.1, 0.15) is 0 Å². The number of aromatic nitrogens is 2. The van der Waals surface area contributed by atoms with Crippen LogP contribution in [0.5, 0.6) is 5.88 Å². The summed E-state index contributed by atoms with van der Waals surface area (Å²) in [5, 5.41) is 7.76. The summed E-state index contributed by atoms with van der Waals surface area (Å²) in [6.07, 6.45) is 0. The first-order valence-electron chi connectivity index (χ1n) is 3.30. The van der Waals surface area contributed by atoms with Crippen LogP contribution in [0, 0.1) is 6.07 Å². The number of benzene rings is 1. The quantitative estimate of drug-likeness (QED) is 0.661. The molecule has 0 aliphatic rings. The lowest BCUT2D eigenvalue weighted by Crippen LogP contribution is -1.81. The third-order valence-electron chi connectivity index (χ3n) is 1.57. The molecular weight excluding hydrogens is 140 g/mol. The summed E-state index contributed by atoms with van der Waals surface area (Å²) < 4.78 is 5.01. The Morgan fingerprint density at radius 3 is 3.36 bits per heavy atom. The van der Waals surface area contributed by atoms with Gasteiger partial charge in [0.25, 0.3) is 0 Å². The van der Waals surface area contributed by atoms with Crippen molar-refractivity contribution in [3.63, 3.8) is 0 Å². The molecule has 1 radical (unpaired) electrons. The maximum atomic E-state index is 5.01. The summed E-state index contributed by atoms with van der Waals surface area (Å²) in [5.74, 6) is 0.622. The molecule has 1 heterocycles. The lowest BCUT2D eigenvalue weighted by atomic mass is 10.2. The van der Waals surface area contributed by atoms with Crippen LogP contribution in [0.3, 0.4) is 0 Å². The second-order valence-electron chi connectivity index (χ2n) is 2.20. The SMILES string of the molecule is COc1n[nH]c2cc[c]cc12. The summed E-state index contributed by atoms with van der Waals surface area (Å²) in [7, 11) is 1.60. The third kappa shape index (κ3) is 0.852. The van der Waals surface area contributed by atoms with Crippen molar-refractivity contribution < 1.29 is 4.74 Å². The van der Waals surface area contributed by atoms with Crippen LogP contribution in [0.25, 0.3) is 10.9 Å². The average Bonchev–Trinajstić information content (AvgIpc) is 2.47. The van der Waals surface area contributed by atoms with Crippen LogP contribution in [0.2, 0.25) is 0 Å². The van der Waals surface area contributed by atoms with Gasteiger partial charge in [0, 0.05) is 0 Å². The van der Waals surface area contributed by atoms with Gasteiger partial charge in [-0.1, -0.05) is 6.07 Å². The Bertz CT molecular complexity index is 367. The first-order valence-corrected chi connectivity index (χ1v) is 3.30. The first-order chi connectivity index (χ1) is 5.42. The number of hydrogen-bond donors (Lipinski definition) is 1. The van der Waals surface area contributed by atoms with Gasteiger partial charge in [-0.15, -0.1) is 5.10 Å². The van der Waals surface area contributed by atoms with E-state index in [1.54, 1.807) is 7.11 Å². The van der Waals surface area contributed by atoms with E-state index in [4.69, 9.17) is 4.74 Å². The Hall–Kier alpha value is -1.51. The molecule has 0 saturated carbocycles. The number of rotatable bonds is 1. The standard InChI is InChI=1S/C8H7N2O/c1-11-8-6-4-2-3-5-7(6)9-10-8/h3-5H,1H3,(H,9,10). The largest absolute Gasteiger partial charge is 0.480 e. The molecule has 1 aromatic heterocycles. The molecule has 0 spiro atoms. The molecule has 0 unspecified atom stereocenters. The minimum absolute atomic E-state index is 0.622. The smallest absolute Gasteiger partial charge is 0.240 e. The van der Waals surface area contributed by atoms with E-state index in [2.05, 4.69) is 16.3 Å². The van der Waals surface area contributed by atoms with Crippen LogP contribution in [0.4, 0.5) is 0 Å². The van der Waals surface area contributed by atoms with Gasteiger partial charge < -0.3 is 4.74 Å². The second kappa shape index (κ2) is 2.27. The maximum absolute atomic E-state index is 5.01. The van der Waals surface area contributed by atoms with Gasteiger partial charge in [0.15, 0.2) is 0 Å². The Morgan fingerprint density at radius 1 is 1.64 bits per heavy atom. The number of fused-ring (bicyclic) bond motifs is 1. The van der Waals surface area contributed by atoms with Crippen molar-refractivity contribution in [2.75, 3.05) is 7.11 Å². The molecule has 1 N–H and O–H groups in total. The molecule has 0 fully saturated rings. The molecule has 0 atom stereocenters. The van der Waals surface area contributed by atoms with Gasteiger partial charge in [-0.3, -0.25) is 5.10 Å². The van der Waals surface area contributed by atoms with E-state index in [-0.39, 0.29) is 0 Å². The highest BCUT2D eigenvalue weighted by atomic mass is 16.5.